The lowest BCUT2D eigenvalue weighted by atomic mass is 9.92. The third kappa shape index (κ3) is 4.78. The summed E-state index contributed by atoms with van der Waals surface area (Å²) < 4.78 is 0. The normalized spacial score (nSPS) is 14.7. The highest BCUT2D eigenvalue weighted by Crippen LogP contribution is 2.31. The Labute approximate surface area is 195 Å². The molecule has 0 saturated carbocycles. The Hall–Kier alpha value is -3.96. The number of non-ortho nitro benzene ring substituents is 1. The van der Waals surface area contributed by atoms with E-state index in [2.05, 4.69) is 25.9 Å². The van der Waals surface area contributed by atoms with E-state index in [1.165, 1.54) is 30.3 Å². The van der Waals surface area contributed by atoms with E-state index in [9.17, 15) is 24.5 Å². The van der Waals surface area contributed by atoms with E-state index in [1.807, 2.05) is 0 Å². The molecule has 2 amide bonds. The molecule has 168 valence electrons. The van der Waals surface area contributed by atoms with Gasteiger partial charge in [-0.1, -0.05) is 23.2 Å². The molecule has 4 N–H and O–H groups in total. The molecular weight excluding hydrogens is 475 g/mol. The first-order valence-corrected chi connectivity index (χ1v) is 10.2. The van der Waals surface area contributed by atoms with Crippen molar-refractivity contribution in [3.05, 3.63) is 78.5 Å². The van der Waals surface area contributed by atoms with Crippen molar-refractivity contribution in [2.75, 3.05) is 16.0 Å². The summed E-state index contributed by atoms with van der Waals surface area (Å²) in [4.78, 5) is 54.8. The van der Waals surface area contributed by atoms with Crippen molar-refractivity contribution < 1.29 is 14.5 Å². The number of fused-ring (bicyclic) bond motifs is 1. The van der Waals surface area contributed by atoms with Gasteiger partial charge in [0, 0.05) is 29.3 Å². The van der Waals surface area contributed by atoms with Gasteiger partial charge < -0.3 is 16.0 Å². The first-order valence-electron chi connectivity index (χ1n) is 9.42. The van der Waals surface area contributed by atoms with Crippen LogP contribution in [-0.4, -0.2) is 26.7 Å². The summed E-state index contributed by atoms with van der Waals surface area (Å²) in [6, 6.07) is 9.84. The molecule has 0 aliphatic carbocycles. The van der Waals surface area contributed by atoms with Crippen LogP contribution in [0.1, 0.15) is 17.9 Å². The van der Waals surface area contributed by atoms with Gasteiger partial charge in [0.15, 0.2) is 0 Å². The second-order valence-electron chi connectivity index (χ2n) is 7.02. The zero-order valence-corrected chi connectivity index (χ0v) is 18.0. The third-order valence-corrected chi connectivity index (χ3v) is 5.35. The largest absolute Gasteiger partial charge is 0.326 e. The summed E-state index contributed by atoms with van der Waals surface area (Å²) in [5, 5.41) is 19.4. The van der Waals surface area contributed by atoms with Gasteiger partial charge in [-0.3, -0.25) is 29.5 Å². The number of H-pyrrole nitrogens is 1. The maximum atomic E-state index is 12.8. The Morgan fingerprint density at radius 1 is 1.15 bits per heavy atom. The lowest BCUT2D eigenvalue weighted by Gasteiger charge is -2.23. The topological polar surface area (TPSA) is 159 Å². The van der Waals surface area contributed by atoms with Crippen molar-refractivity contribution in [1.82, 2.24) is 9.97 Å². The van der Waals surface area contributed by atoms with Gasteiger partial charge in [-0.05, 0) is 30.3 Å². The minimum atomic E-state index is -1.12. The Morgan fingerprint density at radius 3 is 2.55 bits per heavy atom. The molecule has 0 spiro atoms. The number of aromatic nitrogens is 2. The molecule has 0 bridgehead atoms. The van der Waals surface area contributed by atoms with Gasteiger partial charge in [-0.25, -0.2) is 0 Å². The summed E-state index contributed by atoms with van der Waals surface area (Å²) >= 11 is 12.0. The number of rotatable bonds is 5. The Bertz CT molecular complexity index is 1340. The number of anilines is 4. The smallest absolute Gasteiger partial charge is 0.269 e. The Kier molecular flexibility index (Phi) is 5.99. The van der Waals surface area contributed by atoms with Crippen LogP contribution in [0.3, 0.4) is 0 Å². The van der Waals surface area contributed by atoms with Gasteiger partial charge >= 0.3 is 0 Å². The van der Waals surface area contributed by atoms with E-state index in [0.29, 0.717) is 10.7 Å². The fourth-order valence-corrected chi connectivity index (χ4v) is 3.72. The first-order chi connectivity index (χ1) is 15.7. The third-order valence-electron chi connectivity index (χ3n) is 4.80. The van der Waals surface area contributed by atoms with E-state index >= 15 is 0 Å². The molecule has 1 aliphatic rings. The predicted octanol–water partition coefficient (Wildman–Crippen LogP) is 3.79. The highest BCUT2D eigenvalue weighted by Gasteiger charge is 2.35. The molecule has 0 unspecified atom stereocenters. The fraction of sp³-hybridized carbons (Fsp3) is 0.100. The Balaban J connectivity index is 1.61. The number of hydrogen-bond acceptors (Lipinski definition) is 7. The van der Waals surface area contributed by atoms with E-state index < -0.39 is 28.2 Å². The molecule has 3 aromatic rings. The van der Waals surface area contributed by atoms with Crippen LogP contribution in [0, 0.1) is 10.1 Å². The van der Waals surface area contributed by atoms with Crippen LogP contribution >= 0.6 is 23.2 Å². The molecule has 4 rings (SSSR count). The monoisotopic (exact) mass is 488 g/mol. The summed E-state index contributed by atoms with van der Waals surface area (Å²) in [5.41, 5.74) is -0.0907. The van der Waals surface area contributed by atoms with E-state index in [4.69, 9.17) is 23.2 Å². The molecule has 2 aromatic carbocycles. The number of amides is 2. The number of halogens is 2. The lowest BCUT2D eigenvalue weighted by Crippen LogP contribution is -2.36. The quantitative estimate of drug-likeness (QED) is 0.313. The molecule has 0 saturated heterocycles. The maximum Gasteiger partial charge on any atom is 0.269 e. The molecule has 11 nitrogen and oxygen atoms in total. The zero-order chi connectivity index (χ0) is 23.7. The summed E-state index contributed by atoms with van der Waals surface area (Å²) in [5.74, 6) is -2.31. The number of carbonyl (C=O) groups excluding carboxylic acids is 2. The van der Waals surface area contributed by atoms with Crippen LogP contribution in [0.4, 0.5) is 28.8 Å². The van der Waals surface area contributed by atoms with Crippen molar-refractivity contribution in [2.24, 2.45) is 0 Å². The van der Waals surface area contributed by atoms with Crippen molar-refractivity contribution in [3.63, 3.8) is 0 Å². The molecule has 33 heavy (non-hydrogen) atoms. The highest BCUT2D eigenvalue weighted by atomic mass is 35.5. The average molecular weight is 489 g/mol. The van der Waals surface area contributed by atoms with E-state index in [0.717, 1.165) is 0 Å². The van der Waals surface area contributed by atoms with E-state index in [1.54, 1.807) is 12.1 Å². The molecule has 1 atom stereocenters. The summed E-state index contributed by atoms with van der Waals surface area (Å²) in [6.45, 7) is 0. The van der Waals surface area contributed by atoms with Gasteiger partial charge in [0.05, 0.1) is 27.1 Å². The lowest BCUT2D eigenvalue weighted by molar-refractivity contribution is -0.384. The minimum Gasteiger partial charge on any atom is -0.326 e. The number of aromatic amines is 1. The van der Waals surface area contributed by atoms with Gasteiger partial charge in [0.2, 0.25) is 17.8 Å². The van der Waals surface area contributed by atoms with Gasteiger partial charge in [-0.2, -0.15) is 4.98 Å². The second kappa shape index (κ2) is 8.88. The number of nitro benzene ring substituents is 1. The number of nitrogens with zero attached hydrogens (tertiary/aromatic N) is 2. The molecule has 1 aliphatic heterocycles. The molecule has 0 radical (unpaired) electrons. The van der Waals surface area contributed by atoms with Gasteiger partial charge in [-0.15, -0.1) is 0 Å². The Morgan fingerprint density at radius 2 is 1.88 bits per heavy atom. The predicted molar refractivity (Wildman–Crippen MR) is 122 cm³/mol. The molecule has 1 aromatic heterocycles. The minimum absolute atomic E-state index is 0.000278. The number of hydrogen-bond donors (Lipinski definition) is 4. The standard InChI is InChI=1S/C20H14Cl2N6O5/c21-9-1-6-14(13(22)7-9)24-20-26-17-16(19(31)27-20)12(8-15(29)25-17)18(30)23-10-2-4-11(5-3-10)28(32)33/h1-7,12H,8H2,(H,23,30)(H3,24,25,26,27,29,31)/t12-/m0/s1. The number of carbonyl (C=O) groups is 2. The zero-order valence-electron chi connectivity index (χ0n) is 16.5. The van der Waals surface area contributed by atoms with Crippen LogP contribution in [0.2, 0.25) is 10.0 Å². The molecule has 13 heteroatoms. The SMILES string of the molecule is O=C1C[C@H](C(=O)Nc2ccc([N+](=O)[O-])cc2)c2c(nc(Nc3ccc(Cl)cc3Cl)[nH]c2=O)N1. The molecule has 2 heterocycles. The van der Waals surface area contributed by atoms with Crippen molar-refractivity contribution >= 4 is 63.8 Å². The summed E-state index contributed by atoms with van der Waals surface area (Å²) in [7, 11) is 0. The van der Waals surface area contributed by atoms with Crippen LogP contribution < -0.4 is 21.5 Å². The summed E-state index contributed by atoms with van der Waals surface area (Å²) in [6.07, 6.45) is -0.271. The maximum absolute atomic E-state index is 12.8. The second-order valence-corrected chi connectivity index (χ2v) is 7.87. The number of nitro groups is 1. The fourth-order valence-electron chi connectivity index (χ4n) is 3.27. The number of nitrogens with one attached hydrogen (secondary N) is 4. The van der Waals surface area contributed by atoms with E-state index in [-0.39, 0.29) is 40.1 Å². The highest BCUT2D eigenvalue weighted by molar-refractivity contribution is 6.36. The average Bonchev–Trinajstić information content (AvgIpc) is 2.75. The first kappa shape index (κ1) is 22.2. The van der Waals surface area contributed by atoms with Crippen LogP contribution in [-0.2, 0) is 9.59 Å². The molecular formula is C20H14Cl2N6O5. The van der Waals surface area contributed by atoms with Crippen LogP contribution in [0.5, 0.6) is 0 Å². The van der Waals surface area contributed by atoms with Crippen molar-refractivity contribution in [3.8, 4) is 0 Å². The van der Waals surface area contributed by atoms with Crippen molar-refractivity contribution in [1.29, 1.82) is 0 Å². The molecule has 0 fully saturated rings. The number of benzene rings is 2. The van der Waals surface area contributed by atoms with Gasteiger partial charge in [0.25, 0.3) is 11.2 Å². The van der Waals surface area contributed by atoms with Crippen LogP contribution in [0.15, 0.2) is 47.3 Å². The van der Waals surface area contributed by atoms with Crippen molar-refractivity contribution in [2.45, 2.75) is 12.3 Å². The van der Waals surface area contributed by atoms with Crippen LogP contribution in [0.25, 0.3) is 0 Å². The van der Waals surface area contributed by atoms with Gasteiger partial charge in [0.1, 0.15) is 5.82 Å².